The Hall–Kier alpha value is -1.78. The van der Waals surface area contributed by atoms with Crippen LogP contribution >= 0.6 is 11.6 Å². The van der Waals surface area contributed by atoms with Crippen LogP contribution in [0, 0.1) is 17.6 Å². The maximum absolute atomic E-state index is 14.1. The van der Waals surface area contributed by atoms with Crippen LogP contribution in [0.3, 0.4) is 0 Å². The molecule has 11 heteroatoms. The lowest BCUT2D eigenvalue weighted by atomic mass is 9.85. The fourth-order valence-corrected chi connectivity index (χ4v) is 6.29. The first-order valence-electron chi connectivity index (χ1n) is 10.7. The van der Waals surface area contributed by atoms with Gasteiger partial charge in [0.25, 0.3) is 5.91 Å². The van der Waals surface area contributed by atoms with E-state index < -0.39 is 55.2 Å². The number of hydrogen-bond acceptors (Lipinski definition) is 5. The summed E-state index contributed by atoms with van der Waals surface area (Å²) in [6.45, 7) is 0.368. The number of carbonyl (C=O) groups excluding carboxylic acids is 2. The Balaban J connectivity index is 1.45. The Morgan fingerprint density at radius 2 is 1.81 bits per heavy atom. The summed E-state index contributed by atoms with van der Waals surface area (Å²) >= 11 is 5.50. The summed E-state index contributed by atoms with van der Waals surface area (Å²) in [7, 11) is -3.38. The molecule has 3 rings (SSSR count). The van der Waals surface area contributed by atoms with E-state index in [0.29, 0.717) is 45.1 Å². The fraction of sp³-hybridized carbons (Fsp3) is 0.619. The van der Waals surface area contributed by atoms with E-state index in [2.05, 4.69) is 10.6 Å². The van der Waals surface area contributed by atoms with Gasteiger partial charge in [-0.05, 0) is 56.6 Å². The van der Waals surface area contributed by atoms with Crippen LogP contribution in [-0.2, 0) is 19.4 Å². The number of halogens is 3. The van der Waals surface area contributed by atoms with Crippen LogP contribution in [0.15, 0.2) is 12.1 Å². The van der Waals surface area contributed by atoms with E-state index in [1.165, 1.54) is 0 Å². The van der Waals surface area contributed by atoms with Gasteiger partial charge in [0.2, 0.25) is 5.91 Å². The molecule has 1 saturated heterocycles. The Morgan fingerprint density at radius 1 is 1.12 bits per heavy atom. The zero-order chi connectivity index (χ0) is 23.5. The van der Waals surface area contributed by atoms with Gasteiger partial charge < -0.3 is 15.7 Å². The first kappa shape index (κ1) is 24.9. The number of amides is 2. The number of hydrogen-bond donors (Lipinski definition) is 3. The van der Waals surface area contributed by atoms with Gasteiger partial charge in [-0.2, -0.15) is 0 Å². The monoisotopic (exact) mass is 492 g/mol. The molecule has 1 aromatic rings. The van der Waals surface area contributed by atoms with Crippen LogP contribution in [0.2, 0.25) is 5.02 Å². The smallest absolute Gasteiger partial charge is 0.253 e. The van der Waals surface area contributed by atoms with E-state index in [-0.39, 0.29) is 17.7 Å². The molecule has 1 aliphatic heterocycles. The molecule has 178 valence electrons. The van der Waals surface area contributed by atoms with Crippen molar-refractivity contribution in [2.75, 3.05) is 12.3 Å². The summed E-state index contributed by atoms with van der Waals surface area (Å²) in [5, 5.41) is 13.8. The van der Waals surface area contributed by atoms with Crippen LogP contribution in [0.25, 0.3) is 0 Å². The van der Waals surface area contributed by atoms with Gasteiger partial charge in [-0.1, -0.05) is 18.0 Å². The molecular weight excluding hydrogens is 466 g/mol. The molecule has 2 unspecified atom stereocenters. The topological polar surface area (TPSA) is 113 Å². The number of benzene rings is 1. The third kappa shape index (κ3) is 5.77. The summed E-state index contributed by atoms with van der Waals surface area (Å²) in [5.41, 5.74) is -0.400. The molecule has 1 aromatic carbocycles. The van der Waals surface area contributed by atoms with Crippen LogP contribution in [-0.4, -0.2) is 48.9 Å². The summed E-state index contributed by atoms with van der Waals surface area (Å²) < 4.78 is 51.5. The quantitative estimate of drug-likeness (QED) is 0.528. The van der Waals surface area contributed by atoms with E-state index in [9.17, 15) is 31.9 Å². The Kier molecular flexibility index (Phi) is 8.11. The summed E-state index contributed by atoms with van der Waals surface area (Å²) in [6.07, 6.45) is 2.42. The number of rotatable bonds is 6. The third-order valence-electron chi connectivity index (χ3n) is 6.24. The Morgan fingerprint density at radius 3 is 2.47 bits per heavy atom. The second-order valence-corrected chi connectivity index (χ2v) is 11.2. The number of carbonyl (C=O) groups is 2. The first-order valence-corrected chi connectivity index (χ1v) is 12.8. The highest BCUT2D eigenvalue weighted by Crippen LogP contribution is 2.28. The second kappa shape index (κ2) is 10.4. The molecule has 32 heavy (non-hydrogen) atoms. The van der Waals surface area contributed by atoms with Crippen molar-refractivity contribution in [2.45, 2.75) is 62.3 Å². The maximum atomic E-state index is 14.1. The molecule has 2 aliphatic rings. The highest BCUT2D eigenvalue weighted by molar-refractivity contribution is 7.92. The number of nitrogens with one attached hydrogen (secondary N) is 2. The summed E-state index contributed by atoms with van der Waals surface area (Å²) in [5.74, 6) is -3.19. The normalized spacial score (nSPS) is 26.2. The number of aliphatic hydroxyl groups is 1. The van der Waals surface area contributed by atoms with Crippen LogP contribution < -0.4 is 10.6 Å². The Bertz CT molecular complexity index is 967. The van der Waals surface area contributed by atoms with Crippen molar-refractivity contribution in [2.24, 2.45) is 5.92 Å². The van der Waals surface area contributed by atoms with Gasteiger partial charge in [0.1, 0.15) is 16.1 Å². The lowest BCUT2D eigenvalue weighted by Gasteiger charge is -2.30. The molecule has 2 fully saturated rings. The van der Waals surface area contributed by atoms with Gasteiger partial charge in [0.15, 0.2) is 21.8 Å². The molecule has 1 aliphatic carbocycles. The molecule has 7 nitrogen and oxygen atoms in total. The van der Waals surface area contributed by atoms with Gasteiger partial charge in [-0.25, -0.2) is 17.2 Å². The first-order chi connectivity index (χ1) is 15.1. The molecule has 1 heterocycles. The number of sulfone groups is 1. The molecule has 0 spiro atoms. The summed E-state index contributed by atoms with van der Waals surface area (Å²) in [6, 6.07) is 1.63. The second-order valence-electron chi connectivity index (χ2n) is 8.49. The van der Waals surface area contributed by atoms with Crippen molar-refractivity contribution in [1.82, 2.24) is 10.6 Å². The van der Waals surface area contributed by atoms with E-state index >= 15 is 0 Å². The zero-order valence-electron chi connectivity index (χ0n) is 17.5. The lowest BCUT2D eigenvalue weighted by Crippen LogP contribution is -2.45. The average Bonchev–Trinajstić information content (AvgIpc) is 2.76. The van der Waals surface area contributed by atoms with Crippen molar-refractivity contribution in [3.05, 3.63) is 34.4 Å². The minimum absolute atomic E-state index is 0.0514. The fourth-order valence-electron chi connectivity index (χ4n) is 4.29. The van der Waals surface area contributed by atoms with Crippen molar-refractivity contribution < 1.29 is 31.9 Å². The molecule has 0 aromatic heterocycles. The highest BCUT2D eigenvalue weighted by Gasteiger charge is 2.35. The van der Waals surface area contributed by atoms with Gasteiger partial charge in [-0.3, -0.25) is 9.59 Å². The lowest BCUT2D eigenvalue weighted by molar-refractivity contribution is -0.130. The third-order valence-corrected chi connectivity index (χ3v) is 8.76. The molecule has 2 amide bonds. The molecule has 2 atom stereocenters. The van der Waals surface area contributed by atoms with Gasteiger partial charge in [0.05, 0.1) is 5.75 Å². The minimum atomic E-state index is -3.38. The van der Waals surface area contributed by atoms with Crippen molar-refractivity contribution in [1.29, 1.82) is 0 Å². The SMILES string of the molecule is O=C(NC1CCC(CNC(=O)C2CCCCS2(=O)=O)CC1)C(O)c1ccc(F)c(Cl)c1F. The maximum Gasteiger partial charge on any atom is 0.253 e. The zero-order valence-corrected chi connectivity index (χ0v) is 19.0. The van der Waals surface area contributed by atoms with Gasteiger partial charge in [0, 0.05) is 18.2 Å². The van der Waals surface area contributed by atoms with E-state index in [1.807, 2.05) is 0 Å². The van der Waals surface area contributed by atoms with E-state index in [4.69, 9.17) is 11.6 Å². The molecule has 0 bridgehead atoms. The standard InChI is InChI=1S/C21H27ClF2N2O5S/c22-17-15(23)9-8-14(18(17)24)19(27)21(29)26-13-6-4-12(5-7-13)11-25-20(28)16-3-1-2-10-32(16,30)31/h8-9,12-13,16,19,27H,1-7,10-11H2,(H,25,28)(H,26,29). The highest BCUT2D eigenvalue weighted by atomic mass is 35.5. The van der Waals surface area contributed by atoms with Gasteiger partial charge in [-0.15, -0.1) is 0 Å². The molecule has 3 N–H and O–H groups in total. The Labute approximate surface area is 190 Å². The molecule has 0 radical (unpaired) electrons. The van der Waals surface area contributed by atoms with Crippen LogP contribution in [0.1, 0.15) is 56.6 Å². The van der Waals surface area contributed by atoms with Crippen LogP contribution in [0.4, 0.5) is 8.78 Å². The molecular formula is C21H27ClF2N2O5S. The van der Waals surface area contributed by atoms with Gasteiger partial charge >= 0.3 is 0 Å². The predicted octanol–water partition coefficient (Wildman–Crippen LogP) is 2.41. The predicted molar refractivity (Wildman–Crippen MR) is 115 cm³/mol. The molecule has 1 saturated carbocycles. The van der Waals surface area contributed by atoms with Crippen molar-refractivity contribution in [3.63, 3.8) is 0 Å². The van der Waals surface area contributed by atoms with Crippen molar-refractivity contribution in [3.8, 4) is 0 Å². The van der Waals surface area contributed by atoms with E-state index in [0.717, 1.165) is 18.6 Å². The average molecular weight is 493 g/mol. The summed E-state index contributed by atoms with van der Waals surface area (Å²) in [4.78, 5) is 24.6. The van der Waals surface area contributed by atoms with Crippen LogP contribution in [0.5, 0.6) is 0 Å². The largest absolute Gasteiger partial charge is 0.378 e. The van der Waals surface area contributed by atoms with E-state index in [1.54, 1.807) is 0 Å². The van der Waals surface area contributed by atoms with Crippen molar-refractivity contribution >= 4 is 33.3 Å². The minimum Gasteiger partial charge on any atom is -0.378 e. The number of aliphatic hydroxyl groups excluding tert-OH is 1.